The number of furan rings is 1. The number of benzene rings is 2. The van der Waals surface area contributed by atoms with Gasteiger partial charge in [-0.15, -0.1) is 0 Å². The van der Waals surface area contributed by atoms with E-state index < -0.39 is 10.8 Å². The molecule has 0 aliphatic carbocycles. The molecule has 1 aromatic heterocycles. The summed E-state index contributed by atoms with van der Waals surface area (Å²) in [4.78, 5) is 43.5. The summed E-state index contributed by atoms with van der Waals surface area (Å²) < 4.78 is 10.9. The van der Waals surface area contributed by atoms with Gasteiger partial charge < -0.3 is 19.0 Å². The number of nitrogens with zero attached hydrogens (tertiary/aromatic N) is 4. The second-order valence-corrected chi connectivity index (χ2v) is 9.25. The molecule has 0 radical (unpaired) electrons. The van der Waals surface area contributed by atoms with E-state index in [2.05, 4.69) is 4.90 Å². The summed E-state index contributed by atoms with van der Waals surface area (Å²) in [5.74, 6) is -0.0378. The SMILES string of the molecule is Cc1ccc(C(=O)N(CCN2CCOCC2)CC(=O)N(Cc2ccccc2)Cc2ccco2)cc1[N+](=O)[O-]. The van der Waals surface area contributed by atoms with E-state index in [4.69, 9.17) is 9.15 Å². The number of amides is 2. The van der Waals surface area contributed by atoms with Gasteiger partial charge in [-0.05, 0) is 30.7 Å². The summed E-state index contributed by atoms with van der Waals surface area (Å²) in [6.07, 6.45) is 1.56. The number of morpholine rings is 1. The number of rotatable bonds is 11. The molecule has 2 amide bonds. The molecule has 10 heteroatoms. The number of carbonyl (C=O) groups excluding carboxylic acids is 2. The minimum atomic E-state index is -0.500. The van der Waals surface area contributed by atoms with E-state index in [-0.39, 0.29) is 30.2 Å². The van der Waals surface area contributed by atoms with E-state index in [1.54, 1.807) is 42.4 Å². The average Bonchev–Trinajstić information content (AvgIpc) is 3.44. The molecule has 38 heavy (non-hydrogen) atoms. The molecule has 2 heterocycles. The van der Waals surface area contributed by atoms with Crippen molar-refractivity contribution in [3.63, 3.8) is 0 Å². The second-order valence-electron chi connectivity index (χ2n) is 9.25. The van der Waals surface area contributed by atoms with Crippen molar-refractivity contribution < 1.29 is 23.7 Å². The first-order valence-electron chi connectivity index (χ1n) is 12.6. The van der Waals surface area contributed by atoms with Crippen LogP contribution in [-0.4, -0.2) is 77.4 Å². The van der Waals surface area contributed by atoms with Crippen molar-refractivity contribution >= 4 is 17.5 Å². The van der Waals surface area contributed by atoms with Gasteiger partial charge in [-0.25, -0.2) is 0 Å². The molecule has 0 N–H and O–H groups in total. The van der Waals surface area contributed by atoms with Crippen molar-refractivity contribution in [1.29, 1.82) is 0 Å². The Morgan fingerprint density at radius 3 is 2.45 bits per heavy atom. The first kappa shape index (κ1) is 27.0. The van der Waals surface area contributed by atoms with Crippen LogP contribution < -0.4 is 0 Å². The van der Waals surface area contributed by atoms with Gasteiger partial charge in [0, 0.05) is 49.9 Å². The maximum absolute atomic E-state index is 13.6. The monoisotopic (exact) mass is 520 g/mol. The number of hydrogen-bond donors (Lipinski definition) is 0. The number of aryl methyl sites for hydroxylation is 1. The molecule has 0 atom stereocenters. The standard InChI is InChI=1S/C28H32N4O6/c1-22-9-10-24(18-26(22)32(35)36)28(34)30(12-11-29-13-16-37-17-14-29)21-27(33)31(20-25-8-5-15-38-25)19-23-6-3-2-4-7-23/h2-10,15,18H,11-14,16-17,19-21H2,1H3. The largest absolute Gasteiger partial charge is 0.467 e. The minimum absolute atomic E-state index is 0.126. The highest BCUT2D eigenvalue weighted by molar-refractivity contribution is 5.97. The Morgan fingerprint density at radius 1 is 1.00 bits per heavy atom. The van der Waals surface area contributed by atoms with Crippen LogP contribution in [0, 0.1) is 17.0 Å². The lowest BCUT2D eigenvalue weighted by atomic mass is 10.1. The minimum Gasteiger partial charge on any atom is -0.467 e. The molecule has 0 spiro atoms. The molecule has 2 aromatic carbocycles. The van der Waals surface area contributed by atoms with Crippen molar-refractivity contribution in [3.8, 4) is 0 Å². The zero-order chi connectivity index (χ0) is 26.9. The van der Waals surface area contributed by atoms with E-state index in [1.165, 1.54) is 11.0 Å². The van der Waals surface area contributed by atoms with Crippen molar-refractivity contribution in [2.24, 2.45) is 0 Å². The van der Waals surface area contributed by atoms with E-state index in [9.17, 15) is 19.7 Å². The maximum Gasteiger partial charge on any atom is 0.273 e. The zero-order valence-corrected chi connectivity index (χ0v) is 21.5. The van der Waals surface area contributed by atoms with E-state index >= 15 is 0 Å². The molecule has 200 valence electrons. The molecule has 0 bridgehead atoms. The molecular weight excluding hydrogens is 488 g/mol. The number of carbonyl (C=O) groups is 2. The third-order valence-corrected chi connectivity index (χ3v) is 6.55. The van der Waals surface area contributed by atoms with Crippen molar-refractivity contribution in [2.75, 3.05) is 45.9 Å². The van der Waals surface area contributed by atoms with Gasteiger partial charge in [0.05, 0.1) is 30.9 Å². The summed E-state index contributed by atoms with van der Waals surface area (Å²) in [5.41, 5.74) is 1.47. The average molecular weight is 521 g/mol. The van der Waals surface area contributed by atoms with Gasteiger partial charge in [0.15, 0.2) is 0 Å². The molecule has 10 nitrogen and oxygen atoms in total. The summed E-state index contributed by atoms with van der Waals surface area (Å²) >= 11 is 0. The summed E-state index contributed by atoms with van der Waals surface area (Å²) in [5, 5.41) is 11.5. The van der Waals surface area contributed by atoms with Crippen LogP contribution in [0.25, 0.3) is 0 Å². The van der Waals surface area contributed by atoms with Crippen molar-refractivity contribution in [1.82, 2.24) is 14.7 Å². The predicted molar refractivity (Wildman–Crippen MR) is 140 cm³/mol. The lowest BCUT2D eigenvalue weighted by Crippen LogP contribution is -2.47. The van der Waals surface area contributed by atoms with Crippen LogP contribution in [-0.2, 0) is 22.6 Å². The quantitative estimate of drug-likeness (QED) is 0.281. The lowest BCUT2D eigenvalue weighted by molar-refractivity contribution is -0.385. The summed E-state index contributed by atoms with van der Waals surface area (Å²) in [7, 11) is 0. The van der Waals surface area contributed by atoms with Gasteiger partial charge in [-0.3, -0.25) is 24.6 Å². The Hall–Kier alpha value is -4.02. The lowest BCUT2D eigenvalue weighted by Gasteiger charge is -2.31. The van der Waals surface area contributed by atoms with Crippen LogP contribution in [0.2, 0.25) is 0 Å². The topological polar surface area (TPSA) is 109 Å². The Morgan fingerprint density at radius 2 is 1.76 bits per heavy atom. The highest BCUT2D eigenvalue weighted by Gasteiger charge is 2.26. The molecule has 1 aliphatic heterocycles. The van der Waals surface area contributed by atoms with Crippen molar-refractivity contribution in [3.05, 3.63) is 99.5 Å². The van der Waals surface area contributed by atoms with Crippen molar-refractivity contribution in [2.45, 2.75) is 20.0 Å². The molecule has 4 rings (SSSR count). The normalized spacial score (nSPS) is 13.7. The van der Waals surface area contributed by atoms with Crippen LogP contribution in [0.3, 0.4) is 0 Å². The number of nitro benzene ring substituents is 1. The van der Waals surface area contributed by atoms with E-state index in [0.29, 0.717) is 44.2 Å². The molecule has 1 aliphatic rings. The fraction of sp³-hybridized carbons (Fsp3) is 0.357. The predicted octanol–water partition coefficient (Wildman–Crippen LogP) is 3.50. The second kappa shape index (κ2) is 13.0. The van der Waals surface area contributed by atoms with Gasteiger partial charge in [0.1, 0.15) is 12.3 Å². The van der Waals surface area contributed by atoms with Gasteiger partial charge >= 0.3 is 0 Å². The third kappa shape index (κ3) is 7.27. The van der Waals surface area contributed by atoms with Gasteiger partial charge in [-0.1, -0.05) is 36.4 Å². The van der Waals surface area contributed by atoms with Crippen LogP contribution in [0.15, 0.2) is 71.3 Å². The van der Waals surface area contributed by atoms with Crippen LogP contribution >= 0.6 is 0 Å². The highest BCUT2D eigenvalue weighted by Crippen LogP contribution is 2.21. The molecule has 3 aromatic rings. The molecule has 0 unspecified atom stereocenters. The Labute approximate surface area is 221 Å². The highest BCUT2D eigenvalue weighted by atomic mass is 16.6. The van der Waals surface area contributed by atoms with Gasteiger partial charge in [0.25, 0.3) is 11.6 Å². The smallest absolute Gasteiger partial charge is 0.273 e. The first-order valence-corrected chi connectivity index (χ1v) is 12.6. The first-order chi connectivity index (χ1) is 18.4. The third-order valence-electron chi connectivity index (χ3n) is 6.55. The number of ether oxygens (including phenoxy) is 1. The van der Waals surface area contributed by atoms with E-state index in [0.717, 1.165) is 18.7 Å². The fourth-order valence-electron chi connectivity index (χ4n) is 4.35. The maximum atomic E-state index is 13.6. The summed E-state index contributed by atoms with van der Waals surface area (Å²) in [6.45, 7) is 5.63. The van der Waals surface area contributed by atoms with Gasteiger partial charge in [0.2, 0.25) is 5.91 Å². The molecular formula is C28H32N4O6. The van der Waals surface area contributed by atoms with Crippen LogP contribution in [0.4, 0.5) is 5.69 Å². The molecule has 1 fully saturated rings. The van der Waals surface area contributed by atoms with Crippen LogP contribution in [0.5, 0.6) is 0 Å². The molecule has 0 saturated carbocycles. The Bertz CT molecular complexity index is 1230. The van der Waals surface area contributed by atoms with Gasteiger partial charge in [-0.2, -0.15) is 0 Å². The number of hydrogen-bond acceptors (Lipinski definition) is 7. The number of nitro groups is 1. The Balaban J connectivity index is 1.56. The van der Waals surface area contributed by atoms with E-state index in [1.807, 2.05) is 30.3 Å². The summed E-state index contributed by atoms with van der Waals surface area (Å²) in [6, 6.07) is 17.6. The fourth-order valence-corrected chi connectivity index (χ4v) is 4.35. The van der Waals surface area contributed by atoms with Crippen LogP contribution in [0.1, 0.15) is 27.2 Å². The Kier molecular flexibility index (Phi) is 9.23. The molecule has 1 saturated heterocycles. The zero-order valence-electron chi connectivity index (χ0n) is 21.5.